The van der Waals surface area contributed by atoms with Crippen molar-refractivity contribution in [3.05, 3.63) is 40.9 Å². The van der Waals surface area contributed by atoms with Crippen LogP contribution in [0.15, 0.2) is 39.0 Å². The van der Waals surface area contributed by atoms with Crippen LogP contribution in [-0.4, -0.2) is 10.1 Å². The quantitative estimate of drug-likeness (QED) is 0.922. The van der Waals surface area contributed by atoms with Crippen molar-refractivity contribution in [2.24, 2.45) is 0 Å². The molecular formula is C12H10N2OS2. The zero-order valence-corrected chi connectivity index (χ0v) is 10.8. The van der Waals surface area contributed by atoms with Gasteiger partial charge in [0.15, 0.2) is 4.34 Å². The maximum absolute atomic E-state index is 9.68. The van der Waals surface area contributed by atoms with Gasteiger partial charge in [0.25, 0.3) is 0 Å². The first-order valence-corrected chi connectivity index (χ1v) is 6.70. The minimum Gasteiger partial charge on any atom is -0.389 e. The van der Waals surface area contributed by atoms with Crippen molar-refractivity contribution in [2.45, 2.75) is 22.3 Å². The van der Waals surface area contributed by atoms with E-state index in [1.54, 1.807) is 31.3 Å². The van der Waals surface area contributed by atoms with Gasteiger partial charge in [0.05, 0.1) is 17.7 Å². The number of nitrogens with zero attached hydrogens (tertiary/aromatic N) is 2. The fourth-order valence-corrected chi connectivity index (χ4v) is 3.22. The topological polar surface area (TPSA) is 56.9 Å². The van der Waals surface area contributed by atoms with Crippen LogP contribution in [0.25, 0.3) is 0 Å². The third kappa shape index (κ3) is 2.86. The second-order valence-electron chi connectivity index (χ2n) is 3.44. The Morgan fingerprint density at radius 3 is 2.94 bits per heavy atom. The molecule has 1 aromatic heterocycles. The smallest absolute Gasteiger partial charge is 0.154 e. The van der Waals surface area contributed by atoms with Crippen LogP contribution in [-0.2, 0) is 0 Å². The fourth-order valence-electron chi connectivity index (χ4n) is 1.39. The predicted octanol–water partition coefficient (Wildman–Crippen LogP) is 3.22. The average Bonchev–Trinajstić information content (AvgIpc) is 2.81. The van der Waals surface area contributed by atoms with Crippen molar-refractivity contribution in [3.63, 3.8) is 0 Å². The number of hydrogen-bond donors (Lipinski definition) is 1. The number of aliphatic hydroxyl groups is 1. The number of aliphatic hydroxyl groups excluding tert-OH is 1. The van der Waals surface area contributed by atoms with Crippen molar-refractivity contribution in [3.8, 4) is 6.07 Å². The van der Waals surface area contributed by atoms with E-state index in [-0.39, 0.29) is 0 Å². The van der Waals surface area contributed by atoms with Crippen LogP contribution >= 0.6 is 23.1 Å². The van der Waals surface area contributed by atoms with E-state index < -0.39 is 6.10 Å². The van der Waals surface area contributed by atoms with E-state index in [1.165, 1.54) is 23.1 Å². The van der Waals surface area contributed by atoms with Gasteiger partial charge in [-0.25, -0.2) is 4.98 Å². The molecule has 0 saturated heterocycles. The molecule has 0 saturated carbocycles. The largest absolute Gasteiger partial charge is 0.389 e. The van der Waals surface area contributed by atoms with Gasteiger partial charge in [0.1, 0.15) is 0 Å². The molecule has 2 rings (SSSR count). The van der Waals surface area contributed by atoms with Crippen LogP contribution in [0.1, 0.15) is 24.2 Å². The van der Waals surface area contributed by atoms with E-state index in [4.69, 9.17) is 5.26 Å². The molecule has 1 N–H and O–H groups in total. The highest BCUT2D eigenvalue weighted by atomic mass is 32.2. The van der Waals surface area contributed by atoms with Crippen LogP contribution in [0, 0.1) is 11.3 Å². The summed E-state index contributed by atoms with van der Waals surface area (Å²) in [7, 11) is 0. The molecule has 0 aliphatic heterocycles. The molecule has 0 radical (unpaired) electrons. The summed E-state index contributed by atoms with van der Waals surface area (Å²) >= 11 is 3.01. The molecule has 2 aromatic rings. The molecule has 1 aromatic carbocycles. The van der Waals surface area contributed by atoms with Crippen LogP contribution in [0.5, 0.6) is 0 Å². The van der Waals surface area contributed by atoms with E-state index >= 15 is 0 Å². The molecule has 0 spiro atoms. The Morgan fingerprint density at radius 1 is 1.53 bits per heavy atom. The minimum absolute atomic E-state index is 0.551. The summed E-state index contributed by atoms with van der Waals surface area (Å²) in [6, 6.07) is 7.39. The molecule has 17 heavy (non-hydrogen) atoms. The maximum atomic E-state index is 9.68. The van der Waals surface area contributed by atoms with Gasteiger partial charge >= 0.3 is 0 Å². The summed E-state index contributed by atoms with van der Waals surface area (Å²) in [5.74, 6) is 0. The number of hydrogen-bond acceptors (Lipinski definition) is 5. The van der Waals surface area contributed by atoms with E-state index in [0.29, 0.717) is 5.56 Å². The molecule has 1 heterocycles. The Balaban J connectivity index is 2.39. The van der Waals surface area contributed by atoms with Crippen molar-refractivity contribution in [1.29, 1.82) is 5.26 Å². The fraction of sp³-hybridized carbons (Fsp3) is 0.167. The summed E-state index contributed by atoms with van der Waals surface area (Å²) in [4.78, 5) is 5.07. The number of rotatable bonds is 3. The highest BCUT2D eigenvalue weighted by Gasteiger charge is 2.11. The third-order valence-electron chi connectivity index (χ3n) is 2.20. The Kier molecular flexibility index (Phi) is 3.79. The molecule has 5 heteroatoms. The summed E-state index contributed by atoms with van der Waals surface area (Å²) in [6.07, 6.45) is 1.19. The lowest BCUT2D eigenvalue weighted by Gasteiger charge is -2.10. The van der Waals surface area contributed by atoms with Crippen LogP contribution < -0.4 is 0 Å². The SMILES string of the molecule is CC(O)c1ccc(C#N)cc1Sc1nccs1. The number of nitriles is 1. The third-order valence-corrected chi connectivity index (χ3v) is 4.16. The molecule has 1 unspecified atom stereocenters. The summed E-state index contributed by atoms with van der Waals surface area (Å²) in [5.41, 5.74) is 1.41. The first-order valence-electron chi connectivity index (χ1n) is 5.00. The van der Waals surface area contributed by atoms with Gasteiger partial charge in [-0.3, -0.25) is 0 Å². The summed E-state index contributed by atoms with van der Waals surface area (Å²) < 4.78 is 0.905. The lowest BCUT2D eigenvalue weighted by Crippen LogP contribution is -1.94. The van der Waals surface area contributed by atoms with Crippen molar-refractivity contribution >= 4 is 23.1 Å². The monoisotopic (exact) mass is 262 g/mol. The summed E-state index contributed by atoms with van der Waals surface area (Å²) in [5, 5.41) is 20.5. The van der Waals surface area contributed by atoms with Gasteiger partial charge in [0.2, 0.25) is 0 Å². The Labute approximate surface area is 108 Å². The van der Waals surface area contributed by atoms with Gasteiger partial charge in [0, 0.05) is 16.5 Å². The minimum atomic E-state index is -0.551. The van der Waals surface area contributed by atoms with E-state index in [2.05, 4.69) is 11.1 Å². The predicted molar refractivity (Wildman–Crippen MR) is 68.0 cm³/mol. The normalized spacial score (nSPS) is 12.1. The Bertz CT molecular complexity index is 544. The van der Waals surface area contributed by atoms with E-state index in [9.17, 15) is 5.11 Å². The lowest BCUT2D eigenvalue weighted by atomic mass is 10.1. The van der Waals surface area contributed by atoms with Crippen molar-refractivity contribution < 1.29 is 5.11 Å². The van der Waals surface area contributed by atoms with Crippen LogP contribution in [0.4, 0.5) is 0 Å². The number of thiazole rings is 1. The molecule has 3 nitrogen and oxygen atoms in total. The van der Waals surface area contributed by atoms with Gasteiger partial charge in [-0.1, -0.05) is 17.8 Å². The molecular weight excluding hydrogens is 252 g/mol. The first kappa shape index (κ1) is 12.1. The molecule has 0 amide bonds. The highest BCUT2D eigenvalue weighted by molar-refractivity contribution is 8.01. The van der Waals surface area contributed by atoms with Crippen molar-refractivity contribution in [2.75, 3.05) is 0 Å². The zero-order valence-electron chi connectivity index (χ0n) is 9.12. The Morgan fingerprint density at radius 2 is 2.35 bits per heavy atom. The lowest BCUT2D eigenvalue weighted by molar-refractivity contribution is 0.196. The number of benzene rings is 1. The molecule has 86 valence electrons. The molecule has 0 aliphatic rings. The second kappa shape index (κ2) is 5.32. The second-order valence-corrected chi connectivity index (χ2v) is 5.62. The Hall–Kier alpha value is -1.35. The average molecular weight is 262 g/mol. The molecule has 0 bridgehead atoms. The number of aromatic nitrogens is 1. The maximum Gasteiger partial charge on any atom is 0.154 e. The summed E-state index contributed by atoms with van der Waals surface area (Å²) in [6.45, 7) is 1.72. The highest BCUT2D eigenvalue weighted by Crippen LogP contribution is 2.34. The van der Waals surface area contributed by atoms with E-state index in [1.807, 2.05) is 5.38 Å². The molecule has 0 fully saturated rings. The zero-order chi connectivity index (χ0) is 12.3. The van der Waals surface area contributed by atoms with Crippen LogP contribution in [0.2, 0.25) is 0 Å². The molecule has 1 atom stereocenters. The van der Waals surface area contributed by atoms with Crippen molar-refractivity contribution in [1.82, 2.24) is 4.98 Å². The van der Waals surface area contributed by atoms with E-state index in [0.717, 1.165) is 14.8 Å². The molecule has 0 aliphatic carbocycles. The van der Waals surface area contributed by atoms with Crippen LogP contribution in [0.3, 0.4) is 0 Å². The van der Waals surface area contributed by atoms with Gasteiger partial charge < -0.3 is 5.11 Å². The standard InChI is InChI=1S/C12H10N2OS2/c1-8(15)10-3-2-9(7-13)6-11(10)17-12-14-4-5-16-12/h2-6,8,15H,1H3. The van der Waals surface area contributed by atoms with Gasteiger partial charge in [-0.15, -0.1) is 11.3 Å². The van der Waals surface area contributed by atoms with Gasteiger partial charge in [-0.2, -0.15) is 5.26 Å². The first-order chi connectivity index (χ1) is 8.20. The van der Waals surface area contributed by atoms with Gasteiger partial charge in [-0.05, 0) is 24.6 Å².